The number of amides is 2. The Morgan fingerprint density at radius 3 is 1.04 bits per heavy atom. The predicted octanol–water partition coefficient (Wildman–Crippen LogP) is 14.5. The Labute approximate surface area is 475 Å². The Morgan fingerprint density at radius 2 is 0.775 bits per heavy atom. The van der Waals surface area contributed by atoms with E-state index in [9.17, 15) is 35.9 Å². The number of halogens is 6. The van der Waals surface area contributed by atoms with Gasteiger partial charge in [-0.25, -0.2) is 0 Å². The lowest BCUT2D eigenvalue weighted by Crippen LogP contribution is -2.66. The van der Waals surface area contributed by atoms with Crippen LogP contribution < -0.4 is 20.7 Å². The van der Waals surface area contributed by atoms with Crippen LogP contribution in [-0.2, 0) is 18.4 Å². The van der Waals surface area contributed by atoms with Crippen LogP contribution in [0.5, 0.6) is 0 Å². The van der Waals surface area contributed by atoms with E-state index in [1.807, 2.05) is 72.8 Å². The number of benzene rings is 4. The van der Waals surface area contributed by atoms with E-state index in [-0.39, 0.29) is 46.6 Å². The fraction of sp³-hybridized carbons (Fsp3) is 0.576. The maximum Gasteiger partial charge on any atom is 0.471 e. The largest absolute Gasteiger partial charge is 0.471 e. The SMILES string of the molecule is C[C@@H](CCO[Si](c1ccccc1)(c1ccccc1)C(C)(C)C)[C@H]1CCC[C@]12CCC[C@H](C/C=C/C[C@H]1CCC[C@]3(CCC[C@@H]3[C@@H](C)CCO[Si](c3ccccc3)(c3ccccc3)C(C)(C)C)N1C(=O)C(F)(F)F)N2C(=O)C(F)(F)F. The third-order valence-electron chi connectivity index (χ3n) is 19.5. The molecule has 0 aromatic heterocycles. The molecule has 4 aromatic rings. The standard InChI is InChI=1S/C66H88F6N2O4Si2/c1-49(41-47-77-79(61(3,4)5,53-31-13-9-14-32-53)54-33-15-10-16-34-54)57-39-25-45-63(57)43-23-29-51(73(63)59(75)65(67,68)69)27-21-22-28-52-30-24-44-64(74(52)60(76)66(70,71)72)46-26-40-58(64)50(2)42-48-78-80(62(6,7)8,55-35-17-11-18-36-55)56-37-19-12-20-38-56/h9-22,31-38,49-52,57-58H,23-30,39-48H2,1-8H3/b22-21+/t49-,50-,51-,52-,57+,58+,63+,64+/m0/s1. The first-order valence-corrected chi connectivity index (χ1v) is 33.6. The van der Waals surface area contributed by atoms with Crippen LogP contribution in [0.15, 0.2) is 133 Å². The molecule has 2 spiro atoms. The highest BCUT2D eigenvalue weighted by Crippen LogP contribution is 2.55. The summed E-state index contributed by atoms with van der Waals surface area (Å²) in [6, 6.07) is 40.0. The molecule has 4 fully saturated rings. The van der Waals surface area contributed by atoms with Gasteiger partial charge in [0.05, 0.1) is 0 Å². The van der Waals surface area contributed by atoms with Gasteiger partial charge in [-0.05, 0) is 144 Å². The fourth-order valence-electron chi connectivity index (χ4n) is 16.2. The third kappa shape index (κ3) is 12.1. The maximum absolute atomic E-state index is 15.0. The van der Waals surface area contributed by atoms with Crippen LogP contribution in [0.1, 0.15) is 158 Å². The number of rotatable bonds is 18. The van der Waals surface area contributed by atoms with Crippen LogP contribution >= 0.6 is 0 Å². The number of likely N-dealkylation sites (tertiary alicyclic amines) is 2. The Hall–Kier alpha value is -4.51. The van der Waals surface area contributed by atoms with Crippen LogP contribution in [0.4, 0.5) is 26.3 Å². The minimum atomic E-state index is -5.09. The lowest BCUT2D eigenvalue weighted by atomic mass is 9.70. The number of carbonyl (C=O) groups is 2. The maximum atomic E-state index is 15.0. The summed E-state index contributed by atoms with van der Waals surface area (Å²) >= 11 is 0. The van der Waals surface area contributed by atoms with Crippen LogP contribution in [0.3, 0.4) is 0 Å². The molecule has 2 heterocycles. The minimum absolute atomic E-state index is 0.0542. The molecular formula is C66H88F6N2O4Si2. The molecule has 2 aliphatic heterocycles. The van der Waals surface area contributed by atoms with Crippen molar-refractivity contribution in [2.45, 2.75) is 204 Å². The quantitative estimate of drug-likeness (QED) is 0.0566. The van der Waals surface area contributed by atoms with Crippen molar-refractivity contribution in [3.05, 3.63) is 133 Å². The van der Waals surface area contributed by atoms with Gasteiger partial charge in [-0.3, -0.25) is 9.59 Å². The second kappa shape index (κ2) is 24.8. The van der Waals surface area contributed by atoms with Crippen molar-refractivity contribution in [3.63, 3.8) is 0 Å². The summed E-state index contributed by atoms with van der Waals surface area (Å²) in [4.78, 5) is 30.3. The zero-order chi connectivity index (χ0) is 57.8. The number of hydrogen-bond acceptors (Lipinski definition) is 4. The van der Waals surface area contributed by atoms with Gasteiger partial charge in [-0.1, -0.05) is 202 Å². The van der Waals surface area contributed by atoms with Gasteiger partial charge in [0, 0.05) is 36.4 Å². The Bertz CT molecular complexity index is 2420. The van der Waals surface area contributed by atoms with E-state index in [4.69, 9.17) is 8.85 Å². The smallest absolute Gasteiger partial charge is 0.407 e. The molecule has 0 unspecified atom stereocenters. The van der Waals surface area contributed by atoms with Crippen molar-refractivity contribution in [2.24, 2.45) is 23.7 Å². The summed E-state index contributed by atoms with van der Waals surface area (Å²) in [6.45, 7) is 18.4. The van der Waals surface area contributed by atoms with Crippen molar-refractivity contribution in [2.75, 3.05) is 13.2 Å². The molecular weight excluding hydrogens is 1050 g/mol. The number of hydrogen-bond donors (Lipinski definition) is 0. The average molecular weight is 1140 g/mol. The van der Waals surface area contributed by atoms with E-state index in [0.717, 1.165) is 20.7 Å². The molecule has 8 atom stereocenters. The van der Waals surface area contributed by atoms with Crippen molar-refractivity contribution < 1.29 is 44.8 Å². The van der Waals surface area contributed by atoms with E-state index >= 15 is 0 Å². The van der Waals surface area contributed by atoms with Gasteiger partial charge >= 0.3 is 24.2 Å². The second-order valence-corrected chi connectivity index (χ2v) is 34.8. The van der Waals surface area contributed by atoms with Gasteiger partial charge in [-0.2, -0.15) is 26.3 Å². The molecule has 0 radical (unpaired) electrons. The zero-order valence-corrected chi connectivity index (χ0v) is 50.7. The molecule has 8 rings (SSSR count). The van der Waals surface area contributed by atoms with Gasteiger partial charge < -0.3 is 18.7 Å². The van der Waals surface area contributed by atoms with Crippen molar-refractivity contribution in [1.29, 1.82) is 0 Å². The average Bonchev–Trinajstić information content (AvgIpc) is 4.19. The Morgan fingerprint density at radius 1 is 0.500 bits per heavy atom. The molecule has 80 heavy (non-hydrogen) atoms. The third-order valence-corrected chi connectivity index (χ3v) is 29.6. The lowest BCUT2D eigenvalue weighted by Gasteiger charge is -2.54. The predicted molar refractivity (Wildman–Crippen MR) is 314 cm³/mol. The van der Waals surface area contributed by atoms with E-state index in [0.29, 0.717) is 103 Å². The highest BCUT2D eigenvalue weighted by molar-refractivity contribution is 7.00. The van der Waals surface area contributed by atoms with E-state index < -0.39 is 64.0 Å². The highest BCUT2D eigenvalue weighted by atomic mass is 28.4. The number of alkyl halides is 6. The molecule has 0 bridgehead atoms. The Kier molecular flexibility index (Phi) is 19.0. The molecule has 14 heteroatoms. The van der Waals surface area contributed by atoms with Gasteiger partial charge in [-0.15, -0.1) is 0 Å². The normalized spacial score (nSPS) is 25.2. The first kappa shape index (κ1) is 61.6. The van der Waals surface area contributed by atoms with Crippen molar-refractivity contribution >= 4 is 49.2 Å². The summed E-state index contributed by atoms with van der Waals surface area (Å²) in [5.41, 5.74) is -1.99. The zero-order valence-electron chi connectivity index (χ0n) is 48.7. The highest BCUT2D eigenvalue weighted by Gasteiger charge is 2.61. The summed E-state index contributed by atoms with van der Waals surface area (Å²) in [6.07, 6.45) is 1.66. The Balaban J connectivity index is 0.994. The lowest BCUT2D eigenvalue weighted by molar-refractivity contribution is -0.201. The fourth-order valence-corrected chi connectivity index (χ4v) is 25.4. The van der Waals surface area contributed by atoms with Crippen LogP contribution in [0, 0.1) is 23.7 Å². The van der Waals surface area contributed by atoms with E-state index in [1.165, 1.54) is 9.80 Å². The van der Waals surface area contributed by atoms with Gasteiger partial charge in [0.1, 0.15) is 0 Å². The number of piperidine rings is 2. The van der Waals surface area contributed by atoms with Crippen molar-refractivity contribution in [3.8, 4) is 0 Å². The number of nitrogens with zero attached hydrogens (tertiary/aromatic N) is 2. The molecule has 6 nitrogen and oxygen atoms in total. The summed E-state index contributed by atoms with van der Waals surface area (Å²) < 4.78 is 104. The van der Waals surface area contributed by atoms with E-state index in [1.54, 1.807) is 12.2 Å². The van der Waals surface area contributed by atoms with Crippen LogP contribution in [0.2, 0.25) is 10.1 Å². The first-order valence-electron chi connectivity index (χ1n) is 29.8. The van der Waals surface area contributed by atoms with Gasteiger partial charge in [0.2, 0.25) is 0 Å². The molecule has 2 saturated carbocycles. The molecule has 0 N–H and O–H groups in total. The number of carbonyl (C=O) groups excluding carboxylic acids is 2. The topological polar surface area (TPSA) is 59.1 Å². The van der Waals surface area contributed by atoms with Crippen LogP contribution in [0.25, 0.3) is 0 Å². The van der Waals surface area contributed by atoms with E-state index in [2.05, 4.69) is 104 Å². The monoisotopic (exact) mass is 1140 g/mol. The first-order chi connectivity index (χ1) is 37.8. The summed E-state index contributed by atoms with van der Waals surface area (Å²) in [5, 5.41) is 4.10. The molecule has 2 aliphatic carbocycles. The molecule has 436 valence electrons. The van der Waals surface area contributed by atoms with Crippen LogP contribution in [-0.4, -0.2) is 87.0 Å². The summed E-state index contributed by atoms with van der Waals surface area (Å²) in [7, 11) is -5.76. The molecule has 4 aliphatic rings. The molecule has 2 amide bonds. The molecule has 4 aromatic carbocycles. The molecule has 2 saturated heterocycles. The summed E-state index contributed by atoms with van der Waals surface area (Å²) in [5.74, 6) is -4.11. The minimum Gasteiger partial charge on any atom is -0.407 e. The second-order valence-electron chi connectivity index (χ2n) is 26.1. The van der Waals surface area contributed by atoms with Crippen molar-refractivity contribution in [1.82, 2.24) is 9.80 Å². The van der Waals surface area contributed by atoms with Gasteiger partial charge in [0.15, 0.2) is 0 Å². The van der Waals surface area contributed by atoms with Gasteiger partial charge in [0.25, 0.3) is 16.6 Å².